The number of benzene rings is 1. The summed E-state index contributed by atoms with van der Waals surface area (Å²) in [5, 5.41) is 11.2. The van der Waals surface area contributed by atoms with Gasteiger partial charge in [-0.3, -0.25) is 0 Å². The molecule has 0 aromatic heterocycles. The third kappa shape index (κ3) is 3.99. The lowest BCUT2D eigenvalue weighted by atomic mass is 10.0. The second-order valence-electron chi connectivity index (χ2n) is 3.19. The van der Waals surface area contributed by atoms with Crippen molar-refractivity contribution in [2.24, 2.45) is 0 Å². The molecular formula is C11H15NO3. The maximum atomic E-state index is 10.6. The summed E-state index contributed by atoms with van der Waals surface area (Å²) in [6.07, 6.45) is -0.382. The highest BCUT2D eigenvalue weighted by Gasteiger charge is 2.12. The molecule has 4 nitrogen and oxygen atoms in total. The third-order valence-electron chi connectivity index (χ3n) is 2.11. The van der Waals surface area contributed by atoms with Gasteiger partial charge in [-0.1, -0.05) is 30.3 Å². The minimum atomic E-state index is -1.01. The standard InChI is InChI=1S/C11H15NO3/c1-15-8-7-10(12-11(13)14)9-5-3-2-4-6-9/h2-6,10,12H,7-8H2,1H3,(H,13,14). The fourth-order valence-corrected chi connectivity index (χ4v) is 1.39. The fraction of sp³-hybridized carbons (Fsp3) is 0.364. The van der Waals surface area contributed by atoms with Gasteiger partial charge in [0, 0.05) is 13.7 Å². The summed E-state index contributed by atoms with van der Waals surface area (Å²) in [7, 11) is 1.60. The van der Waals surface area contributed by atoms with E-state index < -0.39 is 6.09 Å². The van der Waals surface area contributed by atoms with Gasteiger partial charge in [0.05, 0.1) is 6.04 Å². The van der Waals surface area contributed by atoms with Gasteiger partial charge >= 0.3 is 6.09 Å². The van der Waals surface area contributed by atoms with Crippen LogP contribution in [0.25, 0.3) is 0 Å². The van der Waals surface area contributed by atoms with E-state index in [1.165, 1.54) is 0 Å². The summed E-state index contributed by atoms with van der Waals surface area (Å²) in [6, 6.07) is 9.27. The Morgan fingerprint density at radius 2 is 2.13 bits per heavy atom. The van der Waals surface area contributed by atoms with E-state index >= 15 is 0 Å². The number of methoxy groups -OCH3 is 1. The molecule has 1 atom stereocenters. The molecule has 0 fully saturated rings. The molecule has 0 spiro atoms. The van der Waals surface area contributed by atoms with Crippen molar-refractivity contribution in [3.05, 3.63) is 35.9 Å². The quantitative estimate of drug-likeness (QED) is 0.780. The Balaban J connectivity index is 2.67. The lowest BCUT2D eigenvalue weighted by Crippen LogP contribution is -2.27. The SMILES string of the molecule is COCCC(NC(=O)O)c1ccccc1. The zero-order valence-electron chi connectivity index (χ0n) is 8.64. The molecule has 0 saturated carbocycles. The van der Waals surface area contributed by atoms with Gasteiger partial charge in [0.25, 0.3) is 0 Å². The molecule has 1 rings (SSSR count). The smallest absolute Gasteiger partial charge is 0.405 e. The van der Waals surface area contributed by atoms with Crippen LogP contribution in [0.3, 0.4) is 0 Å². The van der Waals surface area contributed by atoms with Crippen molar-refractivity contribution in [2.75, 3.05) is 13.7 Å². The minimum Gasteiger partial charge on any atom is -0.465 e. The van der Waals surface area contributed by atoms with Crippen LogP contribution >= 0.6 is 0 Å². The Morgan fingerprint density at radius 3 is 2.67 bits per heavy atom. The summed E-state index contributed by atoms with van der Waals surface area (Å²) >= 11 is 0. The lowest BCUT2D eigenvalue weighted by Gasteiger charge is -2.16. The summed E-state index contributed by atoms with van der Waals surface area (Å²) in [4.78, 5) is 10.6. The second kappa shape index (κ2) is 6.03. The van der Waals surface area contributed by atoms with Crippen molar-refractivity contribution in [2.45, 2.75) is 12.5 Å². The van der Waals surface area contributed by atoms with Crippen LogP contribution in [-0.2, 0) is 4.74 Å². The fourth-order valence-electron chi connectivity index (χ4n) is 1.39. The molecule has 15 heavy (non-hydrogen) atoms. The zero-order valence-corrected chi connectivity index (χ0v) is 8.64. The van der Waals surface area contributed by atoms with Gasteiger partial charge in [-0.15, -0.1) is 0 Å². The van der Waals surface area contributed by atoms with Gasteiger partial charge in [0.1, 0.15) is 0 Å². The van der Waals surface area contributed by atoms with Gasteiger partial charge in [-0.2, -0.15) is 0 Å². The van der Waals surface area contributed by atoms with E-state index in [0.717, 1.165) is 5.56 Å². The Hall–Kier alpha value is -1.55. The number of amides is 1. The maximum absolute atomic E-state index is 10.6. The number of hydrogen-bond acceptors (Lipinski definition) is 2. The van der Waals surface area contributed by atoms with Crippen molar-refractivity contribution < 1.29 is 14.6 Å². The molecule has 0 bridgehead atoms. The predicted octanol–water partition coefficient (Wildman–Crippen LogP) is 2.03. The Labute approximate surface area is 88.9 Å². The number of hydrogen-bond donors (Lipinski definition) is 2. The third-order valence-corrected chi connectivity index (χ3v) is 2.11. The molecular weight excluding hydrogens is 194 g/mol. The van der Waals surface area contributed by atoms with Gasteiger partial charge in [0.2, 0.25) is 0 Å². The number of carbonyl (C=O) groups is 1. The summed E-state index contributed by atoms with van der Waals surface area (Å²) in [5.74, 6) is 0. The van der Waals surface area contributed by atoms with Gasteiger partial charge in [-0.05, 0) is 12.0 Å². The molecule has 1 unspecified atom stereocenters. The summed E-state index contributed by atoms with van der Waals surface area (Å²) < 4.78 is 4.94. The van der Waals surface area contributed by atoms with Crippen LogP contribution in [0.4, 0.5) is 4.79 Å². The van der Waals surface area contributed by atoms with Crippen molar-refractivity contribution >= 4 is 6.09 Å². The highest BCUT2D eigenvalue weighted by Crippen LogP contribution is 2.16. The van der Waals surface area contributed by atoms with Crippen molar-refractivity contribution in [1.82, 2.24) is 5.32 Å². The topological polar surface area (TPSA) is 58.6 Å². The predicted molar refractivity (Wildman–Crippen MR) is 56.8 cm³/mol. The number of nitrogens with one attached hydrogen (secondary N) is 1. The van der Waals surface area contributed by atoms with E-state index in [1.54, 1.807) is 7.11 Å². The van der Waals surface area contributed by atoms with Crippen LogP contribution in [0.15, 0.2) is 30.3 Å². The van der Waals surface area contributed by atoms with Gasteiger partial charge in [-0.25, -0.2) is 4.79 Å². The Bertz CT molecular complexity index is 300. The zero-order chi connectivity index (χ0) is 11.1. The molecule has 0 aliphatic rings. The van der Waals surface area contributed by atoms with Crippen molar-refractivity contribution in [3.63, 3.8) is 0 Å². The first-order valence-electron chi connectivity index (χ1n) is 4.77. The first-order valence-corrected chi connectivity index (χ1v) is 4.77. The Kier molecular flexibility index (Phi) is 4.63. The van der Waals surface area contributed by atoms with E-state index in [2.05, 4.69) is 5.32 Å². The van der Waals surface area contributed by atoms with Crippen LogP contribution in [0.5, 0.6) is 0 Å². The molecule has 1 aromatic carbocycles. The molecule has 0 saturated heterocycles. The highest BCUT2D eigenvalue weighted by atomic mass is 16.5. The van der Waals surface area contributed by atoms with E-state index in [9.17, 15) is 4.79 Å². The van der Waals surface area contributed by atoms with Crippen LogP contribution in [0.2, 0.25) is 0 Å². The average molecular weight is 209 g/mol. The van der Waals surface area contributed by atoms with Crippen LogP contribution < -0.4 is 5.32 Å². The average Bonchev–Trinajstić information content (AvgIpc) is 2.25. The van der Waals surface area contributed by atoms with Gasteiger partial charge < -0.3 is 15.2 Å². The lowest BCUT2D eigenvalue weighted by molar-refractivity contribution is 0.170. The van der Waals surface area contributed by atoms with Crippen molar-refractivity contribution in [3.8, 4) is 0 Å². The second-order valence-corrected chi connectivity index (χ2v) is 3.19. The number of ether oxygens (including phenoxy) is 1. The van der Waals surface area contributed by atoms with Crippen LogP contribution in [0.1, 0.15) is 18.0 Å². The molecule has 0 heterocycles. The van der Waals surface area contributed by atoms with E-state index in [0.29, 0.717) is 13.0 Å². The molecule has 1 amide bonds. The molecule has 4 heteroatoms. The maximum Gasteiger partial charge on any atom is 0.405 e. The first kappa shape index (κ1) is 11.5. The molecule has 1 aromatic rings. The number of rotatable bonds is 5. The van der Waals surface area contributed by atoms with E-state index in [-0.39, 0.29) is 6.04 Å². The molecule has 2 N–H and O–H groups in total. The molecule has 0 aliphatic heterocycles. The first-order chi connectivity index (χ1) is 7.24. The Morgan fingerprint density at radius 1 is 1.47 bits per heavy atom. The van der Waals surface area contributed by atoms with Crippen LogP contribution in [0, 0.1) is 0 Å². The molecule has 0 aliphatic carbocycles. The number of carboxylic acid groups (broad SMARTS) is 1. The molecule has 82 valence electrons. The van der Waals surface area contributed by atoms with Gasteiger partial charge in [0.15, 0.2) is 0 Å². The molecule has 0 radical (unpaired) electrons. The van der Waals surface area contributed by atoms with E-state index in [1.807, 2.05) is 30.3 Å². The van der Waals surface area contributed by atoms with E-state index in [4.69, 9.17) is 9.84 Å². The largest absolute Gasteiger partial charge is 0.465 e. The van der Waals surface area contributed by atoms with Crippen LogP contribution in [-0.4, -0.2) is 24.9 Å². The monoisotopic (exact) mass is 209 g/mol. The summed E-state index contributed by atoms with van der Waals surface area (Å²) in [5.41, 5.74) is 0.956. The minimum absolute atomic E-state index is 0.205. The van der Waals surface area contributed by atoms with Crippen molar-refractivity contribution in [1.29, 1.82) is 0 Å². The summed E-state index contributed by atoms with van der Waals surface area (Å²) in [6.45, 7) is 0.528. The normalized spacial score (nSPS) is 12.1. The highest BCUT2D eigenvalue weighted by molar-refractivity contribution is 5.65.